The molecule has 0 saturated heterocycles. The molecule has 1 aromatic heterocycles. The van der Waals surface area contributed by atoms with E-state index in [1.807, 2.05) is 48.5 Å². The highest BCUT2D eigenvalue weighted by atomic mass is 16.2. The van der Waals surface area contributed by atoms with Gasteiger partial charge in [-0.3, -0.25) is 0 Å². The third-order valence-electron chi connectivity index (χ3n) is 4.02. The van der Waals surface area contributed by atoms with E-state index in [1.165, 1.54) is 0 Å². The van der Waals surface area contributed by atoms with E-state index < -0.39 is 0 Å². The highest BCUT2D eigenvalue weighted by Gasteiger charge is 2.11. The average molecular weight is 319 g/mol. The van der Waals surface area contributed by atoms with E-state index in [1.54, 1.807) is 0 Å². The van der Waals surface area contributed by atoms with Gasteiger partial charge >= 0.3 is 6.03 Å². The van der Waals surface area contributed by atoms with Crippen LogP contribution in [0.25, 0.3) is 5.69 Å². The first-order valence-electron chi connectivity index (χ1n) is 7.98. The lowest BCUT2D eigenvalue weighted by molar-refractivity contribution is 0.251. The molecule has 4 heteroatoms. The summed E-state index contributed by atoms with van der Waals surface area (Å²) in [6.45, 7) is 4.64. The maximum Gasteiger partial charge on any atom is 0.319 e. The molecular formula is C20H21N3O. The van der Waals surface area contributed by atoms with Gasteiger partial charge in [-0.25, -0.2) is 4.79 Å². The second-order valence-electron chi connectivity index (χ2n) is 5.74. The molecule has 0 bridgehead atoms. The van der Waals surface area contributed by atoms with E-state index >= 15 is 0 Å². The van der Waals surface area contributed by atoms with Crippen molar-refractivity contribution in [3.05, 3.63) is 83.7 Å². The number of amides is 2. The number of carbonyl (C=O) groups is 1. The zero-order valence-corrected chi connectivity index (χ0v) is 13.9. The van der Waals surface area contributed by atoms with Gasteiger partial charge in [0.25, 0.3) is 0 Å². The molecular weight excluding hydrogens is 298 g/mol. The fraction of sp³-hybridized carbons (Fsp3) is 0.150. The molecule has 0 radical (unpaired) electrons. The van der Waals surface area contributed by atoms with Crippen molar-refractivity contribution < 1.29 is 4.79 Å². The summed E-state index contributed by atoms with van der Waals surface area (Å²) in [6.07, 6.45) is 0. The molecule has 4 nitrogen and oxygen atoms in total. The highest BCUT2D eigenvalue weighted by molar-refractivity contribution is 5.89. The summed E-state index contributed by atoms with van der Waals surface area (Å²) in [5.74, 6) is 0. The smallest absolute Gasteiger partial charge is 0.319 e. The van der Waals surface area contributed by atoms with Gasteiger partial charge in [-0.05, 0) is 49.7 Å². The van der Waals surface area contributed by atoms with Crippen molar-refractivity contribution in [1.82, 2.24) is 9.88 Å². The normalized spacial score (nSPS) is 10.4. The quantitative estimate of drug-likeness (QED) is 0.735. The van der Waals surface area contributed by atoms with Crippen LogP contribution >= 0.6 is 0 Å². The molecule has 0 aliphatic heterocycles. The standard InChI is InChI=1S/C20H21N3O/c1-15-13-17(16(2)23(15)19-11-7-4-8-12-19)14-21-20(24)22-18-9-5-3-6-10-18/h3-13H,14H2,1-2H3,(H2,21,22,24). The van der Waals surface area contributed by atoms with E-state index in [9.17, 15) is 4.79 Å². The molecule has 0 spiro atoms. The summed E-state index contributed by atoms with van der Waals surface area (Å²) < 4.78 is 2.20. The van der Waals surface area contributed by atoms with Gasteiger partial charge in [0.2, 0.25) is 0 Å². The van der Waals surface area contributed by atoms with Gasteiger partial charge in [-0.15, -0.1) is 0 Å². The number of carbonyl (C=O) groups excluding carboxylic acids is 1. The summed E-state index contributed by atoms with van der Waals surface area (Å²) in [5.41, 5.74) is 5.31. The number of nitrogens with zero attached hydrogens (tertiary/aromatic N) is 1. The van der Waals surface area contributed by atoms with Gasteiger partial charge in [0.1, 0.15) is 0 Å². The lowest BCUT2D eigenvalue weighted by Gasteiger charge is -2.10. The van der Waals surface area contributed by atoms with Crippen molar-refractivity contribution in [1.29, 1.82) is 0 Å². The number of para-hydroxylation sites is 2. The summed E-state index contributed by atoms with van der Waals surface area (Å²) in [4.78, 5) is 12.0. The van der Waals surface area contributed by atoms with Crippen molar-refractivity contribution in [2.75, 3.05) is 5.32 Å². The predicted molar refractivity (Wildman–Crippen MR) is 97.5 cm³/mol. The number of aryl methyl sites for hydroxylation is 1. The number of anilines is 1. The minimum atomic E-state index is -0.203. The predicted octanol–water partition coefficient (Wildman–Crippen LogP) is 4.42. The lowest BCUT2D eigenvalue weighted by atomic mass is 10.2. The maximum atomic E-state index is 12.0. The molecule has 1 heterocycles. The molecule has 2 aromatic carbocycles. The van der Waals surface area contributed by atoms with Crippen LogP contribution in [-0.2, 0) is 6.54 Å². The highest BCUT2D eigenvalue weighted by Crippen LogP contribution is 2.20. The zero-order valence-electron chi connectivity index (χ0n) is 13.9. The molecule has 0 aliphatic rings. The van der Waals surface area contributed by atoms with E-state index in [0.717, 1.165) is 28.3 Å². The third kappa shape index (κ3) is 3.49. The molecule has 0 unspecified atom stereocenters. The number of rotatable bonds is 4. The Morgan fingerprint density at radius 1 is 0.958 bits per heavy atom. The van der Waals surface area contributed by atoms with Crippen LogP contribution in [0.5, 0.6) is 0 Å². The molecule has 2 amide bonds. The number of urea groups is 1. The second-order valence-corrected chi connectivity index (χ2v) is 5.74. The summed E-state index contributed by atoms with van der Waals surface area (Å²) in [5, 5.41) is 5.74. The van der Waals surface area contributed by atoms with Crippen LogP contribution in [-0.4, -0.2) is 10.6 Å². The third-order valence-corrected chi connectivity index (χ3v) is 4.02. The number of nitrogens with one attached hydrogen (secondary N) is 2. The molecule has 24 heavy (non-hydrogen) atoms. The van der Waals surface area contributed by atoms with Gasteiger partial charge in [0.15, 0.2) is 0 Å². The first-order valence-corrected chi connectivity index (χ1v) is 7.98. The van der Waals surface area contributed by atoms with Crippen molar-refractivity contribution in [3.63, 3.8) is 0 Å². The van der Waals surface area contributed by atoms with Crippen molar-refractivity contribution in [2.24, 2.45) is 0 Å². The Morgan fingerprint density at radius 2 is 1.58 bits per heavy atom. The van der Waals surface area contributed by atoms with Crippen molar-refractivity contribution >= 4 is 11.7 Å². The van der Waals surface area contributed by atoms with Crippen LogP contribution in [0.2, 0.25) is 0 Å². The van der Waals surface area contributed by atoms with Gasteiger partial charge in [0, 0.05) is 29.3 Å². The Kier molecular flexibility index (Phi) is 4.66. The molecule has 2 N–H and O–H groups in total. The van der Waals surface area contributed by atoms with E-state index in [2.05, 4.69) is 47.2 Å². The molecule has 3 aromatic rings. The van der Waals surface area contributed by atoms with E-state index in [0.29, 0.717) is 6.54 Å². The van der Waals surface area contributed by atoms with Crippen LogP contribution in [0, 0.1) is 13.8 Å². The molecule has 0 atom stereocenters. The van der Waals surface area contributed by atoms with E-state index in [-0.39, 0.29) is 6.03 Å². The molecule has 122 valence electrons. The van der Waals surface area contributed by atoms with Crippen LogP contribution in [0.1, 0.15) is 17.0 Å². The Hall–Kier alpha value is -3.01. The van der Waals surface area contributed by atoms with Crippen LogP contribution in [0.3, 0.4) is 0 Å². The first kappa shape index (κ1) is 15.9. The fourth-order valence-electron chi connectivity index (χ4n) is 2.85. The number of hydrogen-bond acceptors (Lipinski definition) is 1. The number of benzene rings is 2. The van der Waals surface area contributed by atoms with Gasteiger partial charge < -0.3 is 15.2 Å². The lowest BCUT2D eigenvalue weighted by Crippen LogP contribution is -2.28. The van der Waals surface area contributed by atoms with Crippen LogP contribution in [0.15, 0.2) is 66.7 Å². The summed E-state index contributed by atoms with van der Waals surface area (Å²) in [6, 6.07) is 21.6. The summed E-state index contributed by atoms with van der Waals surface area (Å²) >= 11 is 0. The molecule has 3 rings (SSSR count). The Bertz CT molecular complexity index is 823. The van der Waals surface area contributed by atoms with Gasteiger partial charge in [-0.2, -0.15) is 0 Å². The van der Waals surface area contributed by atoms with Crippen LogP contribution < -0.4 is 10.6 Å². The molecule has 0 saturated carbocycles. The topological polar surface area (TPSA) is 46.1 Å². The van der Waals surface area contributed by atoms with Crippen molar-refractivity contribution in [3.8, 4) is 5.69 Å². The van der Waals surface area contributed by atoms with Crippen LogP contribution in [0.4, 0.5) is 10.5 Å². The maximum absolute atomic E-state index is 12.0. The Morgan fingerprint density at radius 3 is 2.25 bits per heavy atom. The van der Waals surface area contributed by atoms with Crippen molar-refractivity contribution in [2.45, 2.75) is 20.4 Å². The number of aromatic nitrogens is 1. The Labute approximate surface area is 142 Å². The van der Waals surface area contributed by atoms with E-state index in [4.69, 9.17) is 0 Å². The minimum Gasteiger partial charge on any atom is -0.334 e. The zero-order chi connectivity index (χ0) is 16.9. The summed E-state index contributed by atoms with van der Waals surface area (Å²) in [7, 11) is 0. The fourth-order valence-corrected chi connectivity index (χ4v) is 2.85. The second kappa shape index (κ2) is 7.04. The average Bonchev–Trinajstić information content (AvgIpc) is 2.88. The number of hydrogen-bond donors (Lipinski definition) is 2. The SMILES string of the molecule is Cc1cc(CNC(=O)Nc2ccccc2)c(C)n1-c1ccccc1. The first-order chi connectivity index (χ1) is 11.6. The van der Waals surface area contributed by atoms with Gasteiger partial charge in [0.05, 0.1) is 0 Å². The minimum absolute atomic E-state index is 0.203. The monoisotopic (exact) mass is 319 g/mol. The molecule has 0 aliphatic carbocycles. The molecule has 0 fully saturated rings. The van der Waals surface area contributed by atoms with Gasteiger partial charge in [-0.1, -0.05) is 36.4 Å². The Balaban J connectivity index is 1.69. The largest absolute Gasteiger partial charge is 0.334 e.